The van der Waals surface area contributed by atoms with Crippen molar-refractivity contribution in [1.29, 1.82) is 0 Å². The molecule has 0 saturated heterocycles. The van der Waals surface area contributed by atoms with Gasteiger partial charge in [0, 0.05) is 31.8 Å². The van der Waals surface area contributed by atoms with Crippen molar-refractivity contribution in [2.75, 3.05) is 0 Å². The van der Waals surface area contributed by atoms with Crippen LogP contribution in [0.4, 0.5) is 5.69 Å². The van der Waals surface area contributed by atoms with Gasteiger partial charge in [-0.3, -0.25) is 15.0 Å². The highest BCUT2D eigenvalue weighted by atomic mass is 16.6. The van der Waals surface area contributed by atoms with Crippen molar-refractivity contribution in [3.63, 3.8) is 0 Å². The lowest BCUT2D eigenvalue weighted by molar-refractivity contribution is -0.384. The van der Waals surface area contributed by atoms with Crippen molar-refractivity contribution in [2.24, 2.45) is 0 Å². The summed E-state index contributed by atoms with van der Waals surface area (Å²) in [7, 11) is 0. The molecule has 0 radical (unpaired) electrons. The van der Waals surface area contributed by atoms with E-state index in [0.29, 0.717) is 0 Å². The van der Waals surface area contributed by atoms with E-state index < -0.39 is 0 Å². The third kappa shape index (κ3) is 2.48. The van der Waals surface area contributed by atoms with Gasteiger partial charge in [-0.25, -0.2) is 0 Å². The number of hydrogen-bond donors (Lipinski definition) is 0. The van der Waals surface area contributed by atoms with Crippen LogP contribution in [0.3, 0.4) is 0 Å². The average molecular weight is 254 g/mol. The summed E-state index contributed by atoms with van der Waals surface area (Å²) in [4.78, 5) is 12.6. The smallest absolute Gasteiger partial charge is 0.269 e. The maximum absolute atomic E-state index is 10.6. The monoisotopic (exact) mass is 254 g/mol. The molecule has 96 valence electrons. The first-order chi connectivity index (χ1) is 9.22. The molecule has 0 bridgehead atoms. The van der Waals surface area contributed by atoms with Crippen LogP contribution in [0.2, 0.25) is 0 Å². The maximum Gasteiger partial charge on any atom is 0.269 e. The molecule has 0 saturated carbocycles. The molecule has 0 spiro atoms. The fourth-order valence-electron chi connectivity index (χ4n) is 2.50. The van der Waals surface area contributed by atoms with E-state index in [-0.39, 0.29) is 10.6 Å². The van der Waals surface area contributed by atoms with Crippen molar-refractivity contribution in [3.05, 3.63) is 75.3 Å². The van der Waals surface area contributed by atoms with Crippen LogP contribution in [-0.2, 0) is 19.6 Å². The second-order valence-electron chi connectivity index (χ2n) is 4.84. The Morgan fingerprint density at radius 3 is 2.11 bits per heavy atom. The summed E-state index contributed by atoms with van der Waals surface area (Å²) < 4.78 is 0. The molecule has 0 unspecified atom stereocenters. The Morgan fingerprint density at radius 2 is 1.58 bits per heavy atom. The van der Waals surface area contributed by atoms with Crippen LogP contribution in [0, 0.1) is 10.1 Å². The van der Waals surface area contributed by atoms with E-state index in [1.165, 1.54) is 11.1 Å². The number of hydrogen-bond acceptors (Lipinski definition) is 3. The molecule has 3 rings (SSSR count). The zero-order chi connectivity index (χ0) is 13.2. The predicted octanol–water partition coefficient (Wildman–Crippen LogP) is 3.11. The molecule has 2 aromatic rings. The van der Waals surface area contributed by atoms with Crippen LogP contribution < -0.4 is 0 Å². The van der Waals surface area contributed by atoms with Gasteiger partial charge in [-0.05, 0) is 16.7 Å². The van der Waals surface area contributed by atoms with E-state index in [9.17, 15) is 10.1 Å². The zero-order valence-corrected chi connectivity index (χ0v) is 10.5. The fourth-order valence-corrected chi connectivity index (χ4v) is 2.50. The molecule has 0 aromatic heterocycles. The standard InChI is InChI=1S/C15H14N2O2/c18-17(19)15-7-5-12(6-8-15)9-16-10-13-3-1-2-4-14(13)11-16/h1-8H,9-11H2. The van der Waals surface area contributed by atoms with Crippen LogP contribution in [0.1, 0.15) is 16.7 Å². The lowest BCUT2D eigenvalue weighted by Gasteiger charge is -2.14. The summed E-state index contributed by atoms with van der Waals surface area (Å²) in [6, 6.07) is 15.2. The quantitative estimate of drug-likeness (QED) is 0.624. The topological polar surface area (TPSA) is 46.4 Å². The van der Waals surface area contributed by atoms with Crippen molar-refractivity contribution in [2.45, 2.75) is 19.6 Å². The van der Waals surface area contributed by atoms with Gasteiger partial charge in [0.1, 0.15) is 0 Å². The Labute approximate surface area is 111 Å². The number of nitrogens with zero attached hydrogens (tertiary/aromatic N) is 2. The minimum atomic E-state index is -0.366. The van der Waals surface area contributed by atoms with Gasteiger partial charge in [-0.1, -0.05) is 36.4 Å². The summed E-state index contributed by atoms with van der Waals surface area (Å²) in [5, 5.41) is 10.6. The predicted molar refractivity (Wildman–Crippen MR) is 72.5 cm³/mol. The maximum atomic E-state index is 10.6. The van der Waals surface area contributed by atoms with Gasteiger partial charge in [-0.15, -0.1) is 0 Å². The summed E-state index contributed by atoms with van der Waals surface area (Å²) in [6.07, 6.45) is 0. The normalized spacial score (nSPS) is 14.3. The summed E-state index contributed by atoms with van der Waals surface area (Å²) >= 11 is 0. The second-order valence-corrected chi connectivity index (χ2v) is 4.84. The van der Waals surface area contributed by atoms with Crippen molar-refractivity contribution >= 4 is 5.69 Å². The summed E-state index contributed by atoms with van der Waals surface area (Å²) in [5.74, 6) is 0. The van der Waals surface area contributed by atoms with Gasteiger partial charge in [-0.2, -0.15) is 0 Å². The molecule has 1 aliphatic heterocycles. The molecule has 0 atom stereocenters. The lowest BCUT2D eigenvalue weighted by atomic mass is 10.1. The molecule has 0 aliphatic carbocycles. The van der Waals surface area contributed by atoms with Crippen LogP contribution >= 0.6 is 0 Å². The Hall–Kier alpha value is -2.20. The molecule has 1 heterocycles. The van der Waals surface area contributed by atoms with Crippen LogP contribution in [0.15, 0.2) is 48.5 Å². The minimum Gasteiger partial charge on any atom is -0.291 e. The van der Waals surface area contributed by atoms with E-state index in [1.54, 1.807) is 12.1 Å². The van der Waals surface area contributed by atoms with Crippen molar-refractivity contribution < 1.29 is 4.92 Å². The van der Waals surface area contributed by atoms with E-state index >= 15 is 0 Å². The average Bonchev–Trinajstić information content (AvgIpc) is 2.81. The Bertz CT molecular complexity index is 583. The molecule has 1 aliphatic rings. The summed E-state index contributed by atoms with van der Waals surface area (Å²) in [5.41, 5.74) is 4.01. The molecular weight excluding hydrogens is 240 g/mol. The lowest BCUT2D eigenvalue weighted by Crippen LogP contribution is -2.15. The molecule has 19 heavy (non-hydrogen) atoms. The van der Waals surface area contributed by atoms with Crippen LogP contribution in [0.5, 0.6) is 0 Å². The minimum absolute atomic E-state index is 0.147. The van der Waals surface area contributed by atoms with Gasteiger partial charge >= 0.3 is 0 Å². The Kier molecular flexibility index (Phi) is 3.01. The number of nitro groups is 1. The zero-order valence-electron chi connectivity index (χ0n) is 10.5. The highest BCUT2D eigenvalue weighted by Gasteiger charge is 2.18. The molecule has 0 fully saturated rings. The molecule has 4 heteroatoms. The Morgan fingerprint density at radius 1 is 1.00 bits per heavy atom. The van der Waals surface area contributed by atoms with Crippen molar-refractivity contribution in [3.8, 4) is 0 Å². The van der Waals surface area contributed by atoms with Crippen LogP contribution in [0.25, 0.3) is 0 Å². The van der Waals surface area contributed by atoms with Crippen LogP contribution in [-0.4, -0.2) is 9.82 Å². The number of benzene rings is 2. The first kappa shape index (κ1) is 11.9. The second kappa shape index (κ2) is 4.82. The largest absolute Gasteiger partial charge is 0.291 e. The number of rotatable bonds is 3. The highest BCUT2D eigenvalue weighted by molar-refractivity contribution is 5.34. The molecule has 4 nitrogen and oxygen atoms in total. The van der Waals surface area contributed by atoms with Gasteiger partial charge < -0.3 is 0 Å². The molecular formula is C15H14N2O2. The van der Waals surface area contributed by atoms with E-state index in [2.05, 4.69) is 29.2 Å². The molecule has 2 aromatic carbocycles. The Balaban J connectivity index is 1.69. The SMILES string of the molecule is O=[N+]([O-])c1ccc(CN2Cc3ccccc3C2)cc1. The first-order valence-electron chi connectivity index (χ1n) is 6.25. The highest BCUT2D eigenvalue weighted by Crippen LogP contribution is 2.24. The van der Waals surface area contributed by atoms with E-state index in [0.717, 1.165) is 25.2 Å². The third-order valence-electron chi connectivity index (χ3n) is 3.46. The van der Waals surface area contributed by atoms with Gasteiger partial charge in [0.05, 0.1) is 4.92 Å². The third-order valence-corrected chi connectivity index (χ3v) is 3.46. The first-order valence-corrected chi connectivity index (χ1v) is 6.25. The molecule has 0 N–H and O–H groups in total. The fraction of sp³-hybridized carbons (Fsp3) is 0.200. The van der Waals surface area contributed by atoms with E-state index in [4.69, 9.17) is 0 Å². The number of nitro benzene ring substituents is 1. The number of fused-ring (bicyclic) bond motifs is 1. The number of non-ortho nitro benzene ring substituents is 1. The van der Waals surface area contributed by atoms with Crippen molar-refractivity contribution in [1.82, 2.24) is 4.90 Å². The molecule has 0 amide bonds. The van der Waals surface area contributed by atoms with Gasteiger partial charge in [0.15, 0.2) is 0 Å². The van der Waals surface area contributed by atoms with E-state index in [1.807, 2.05) is 12.1 Å². The van der Waals surface area contributed by atoms with Gasteiger partial charge in [0.2, 0.25) is 0 Å². The van der Waals surface area contributed by atoms with Gasteiger partial charge in [0.25, 0.3) is 5.69 Å². The summed E-state index contributed by atoms with van der Waals surface area (Å²) in [6.45, 7) is 2.73.